The standard InChI is InChI=1S/C17H16N4O6/c22-12-10(6-26-17(25)9-4-2-1-3-5-9)27-16(13(12)23)21-8-20-11-14(21)18-7-19-15(11)24/h1-5,7-8,10,12-13,16,22-23H,6H2,(H,18,19,24)/t10-,12-,13-,16-/m1/s1. The van der Waals surface area contributed by atoms with E-state index in [1.807, 2.05) is 0 Å². The number of aliphatic hydroxyl groups is 2. The van der Waals surface area contributed by atoms with Crippen molar-refractivity contribution in [1.29, 1.82) is 0 Å². The number of rotatable bonds is 4. The molecule has 140 valence electrons. The first-order chi connectivity index (χ1) is 13.1. The number of carbonyl (C=O) groups is 1. The number of ether oxygens (including phenoxy) is 2. The van der Waals surface area contributed by atoms with Gasteiger partial charge in [0, 0.05) is 0 Å². The molecule has 1 fully saturated rings. The molecule has 3 aromatic rings. The van der Waals surface area contributed by atoms with Crippen molar-refractivity contribution in [3.05, 3.63) is 48.5 Å². The van der Waals surface area contributed by atoms with E-state index >= 15 is 0 Å². The molecule has 1 aliphatic heterocycles. The van der Waals surface area contributed by atoms with E-state index in [2.05, 4.69) is 15.0 Å². The molecule has 1 saturated heterocycles. The monoisotopic (exact) mass is 372 g/mol. The predicted octanol–water partition coefficient (Wildman–Crippen LogP) is 0.00810. The summed E-state index contributed by atoms with van der Waals surface area (Å²) in [5, 5.41) is 30.3. The van der Waals surface area contributed by atoms with Gasteiger partial charge in [0.25, 0.3) is 0 Å². The molecular formula is C17H16N4O6. The molecular weight excluding hydrogens is 356 g/mol. The second-order valence-electron chi connectivity index (χ2n) is 6.03. The second-order valence-corrected chi connectivity index (χ2v) is 6.03. The molecule has 4 atom stereocenters. The highest BCUT2D eigenvalue weighted by molar-refractivity contribution is 5.89. The van der Waals surface area contributed by atoms with E-state index < -0.39 is 30.5 Å². The lowest BCUT2D eigenvalue weighted by atomic mass is 10.1. The Kier molecular flexibility index (Phi) is 4.44. The summed E-state index contributed by atoms with van der Waals surface area (Å²) in [5.74, 6) is -0.866. The van der Waals surface area contributed by atoms with E-state index in [4.69, 9.17) is 9.47 Å². The van der Waals surface area contributed by atoms with Crippen molar-refractivity contribution in [3.63, 3.8) is 0 Å². The zero-order chi connectivity index (χ0) is 19.0. The van der Waals surface area contributed by atoms with Crippen molar-refractivity contribution in [2.24, 2.45) is 0 Å². The Morgan fingerprint density at radius 1 is 1.15 bits per heavy atom. The van der Waals surface area contributed by atoms with Crippen molar-refractivity contribution < 1.29 is 29.6 Å². The molecule has 10 heteroatoms. The van der Waals surface area contributed by atoms with Crippen LogP contribution < -0.4 is 0 Å². The molecule has 3 heterocycles. The third-order valence-corrected chi connectivity index (χ3v) is 4.34. The number of aliphatic hydroxyl groups excluding tert-OH is 2. The average Bonchev–Trinajstić information content (AvgIpc) is 3.23. The van der Waals surface area contributed by atoms with Crippen LogP contribution >= 0.6 is 0 Å². The third-order valence-electron chi connectivity index (χ3n) is 4.34. The molecule has 0 unspecified atom stereocenters. The van der Waals surface area contributed by atoms with Crippen molar-refractivity contribution in [3.8, 4) is 5.88 Å². The van der Waals surface area contributed by atoms with Crippen molar-refractivity contribution in [2.45, 2.75) is 24.5 Å². The summed E-state index contributed by atoms with van der Waals surface area (Å²) in [6.45, 7) is -0.241. The number of imidazole rings is 1. The summed E-state index contributed by atoms with van der Waals surface area (Å²) in [6.07, 6.45) is -2.08. The van der Waals surface area contributed by atoms with Gasteiger partial charge in [-0.05, 0) is 12.1 Å². The van der Waals surface area contributed by atoms with Crippen molar-refractivity contribution in [2.75, 3.05) is 6.61 Å². The van der Waals surface area contributed by atoms with Crippen LogP contribution in [0.2, 0.25) is 0 Å². The van der Waals surface area contributed by atoms with Crippen LogP contribution in [-0.2, 0) is 9.47 Å². The van der Waals surface area contributed by atoms with Gasteiger partial charge in [0.2, 0.25) is 5.88 Å². The number of nitrogens with zero attached hydrogens (tertiary/aromatic N) is 4. The number of aromatic hydroxyl groups is 1. The molecule has 1 aliphatic rings. The zero-order valence-electron chi connectivity index (χ0n) is 13.9. The topological polar surface area (TPSA) is 140 Å². The van der Waals surface area contributed by atoms with E-state index in [1.165, 1.54) is 10.9 Å². The molecule has 0 bridgehead atoms. The van der Waals surface area contributed by atoms with Gasteiger partial charge in [-0.2, -0.15) is 4.98 Å². The van der Waals surface area contributed by atoms with Gasteiger partial charge in [-0.1, -0.05) is 18.2 Å². The van der Waals surface area contributed by atoms with Crippen LogP contribution in [0.4, 0.5) is 0 Å². The minimum atomic E-state index is -1.31. The van der Waals surface area contributed by atoms with Gasteiger partial charge in [-0.25, -0.2) is 14.8 Å². The Bertz CT molecular complexity index is 962. The Balaban J connectivity index is 1.49. The maximum Gasteiger partial charge on any atom is 0.338 e. The number of benzene rings is 1. The number of hydrogen-bond acceptors (Lipinski definition) is 9. The van der Waals surface area contributed by atoms with E-state index in [9.17, 15) is 20.1 Å². The normalized spacial score (nSPS) is 25.0. The number of carbonyl (C=O) groups excluding carboxylic acids is 1. The molecule has 4 rings (SSSR count). The minimum absolute atomic E-state index is 0.141. The third kappa shape index (κ3) is 3.10. The first-order valence-electron chi connectivity index (χ1n) is 8.16. The molecule has 0 saturated carbocycles. The lowest BCUT2D eigenvalue weighted by Gasteiger charge is -2.16. The maximum absolute atomic E-state index is 12.0. The molecule has 0 radical (unpaired) electrons. The Morgan fingerprint density at radius 3 is 2.70 bits per heavy atom. The number of esters is 1. The average molecular weight is 372 g/mol. The summed E-state index contributed by atoms with van der Waals surface area (Å²) in [7, 11) is 0. The smallest absolute Gasteiger partial charge is 0.338 e. The fourth-order valence-corrected chi connectivity index (χ4v) is 2.94. The lowest BCUT2D eigenvalue weighted by Crippen LogP contribution is -2.34. The van der Waals surface area contributed by atoms with Crippen LogP contribution in [-0.4, -0.2) is 65.7 Å². The molecule has 0 aliphatic carbocycles. The SMILES string of the molecule is O=C(OC[C@H]1O[C@@H](n2cnc3c(O)ncnc32)[C@H](O)[C@@H]1O)c1ccccc1. The number of fused-ring (bicyclic) bond motifs is 1. The molecule has 0 spiro atoms. The highest BCUT2D eigenvalue weighted by atomic mass is 16.6. The molecule has 1 aromatic carbocycles. The Labute approximate surface area is 152 Å². The van der Waals surface area contributed by atoms with E-state index in [-0.39, 0.29) is 23.7 Å². The van der Waals surface area contributed by atoms with Gasteiger partial charge in [0.05, 0.1) is 11.9 Å². The van der Waals surface area contributed by atoms with Crippen LogP contribution in [0.5, 0.6) is 5.88 Å². The van der Waals surface area contributed by atoms with Gasteiger partial charge in [-0.15, -0.1) is 0 Å². The largest absolute Gasteiger partial charge is 0.492 e. The first kappa shape index (κ1) is 17.3. The van der Waals surface area contributed by atoms with Crippen LogP contribution in [0.25, 0.3) is 11.2 Å². The van der Waals surface area contributed by atoms with Crippen LogP contribution in [0.15, 0.2) is 43.0 Å². The van der Waals surface area contributed by atoms with Gasteiger partial charge < -0.3 is 24.8 Å². The number of aromatic nitrogens is 4. The predicted molar refractivity (Wildman–Crippen MR) is 89.6 cm³/mol. The molecule has 0 amide bonds. The molecule has 10 nitrogen and oxygen atoms in total. The minimum Gasteiger partial charge on any atom is -0.492 e. The van der Waals surface area contributed by atoms with Gasteiger partial charge in [0.1, 0.15) is 31.2 Å². The van der Waals surface area contributed by atoms with E-state index in [1.54, 1.807) is 30.3 Å². The van der Waals surface area contributed by atoms with Gasteiger partial charge >= 0.3 is 5.97 Å². The summed E-state index contributed by atoms with van der Waals surface area (Å²) in [6, 6.07) is 8.40. The summed E-state index contributed by atoms with van der Waals surface area (Å²) >= 11 is 0. The van der Waals surface area contributed by atoms with Crippen molar-refractivity contribution in [1.82, 2.24) is 19.5 Å². The summed E-state index contributed by atoms with van der Waals surface area (Å²) < 4.78 is 12.2. The fourth-order valence-electron chi connectivity index (χ4n) is 2.94. The summed E-state index contributed by atoms with van der Waals surface area (Å²) in [5.41, 5.74) is 0.747. The van der Waals surface area contributed by atoms with E-state index in [0.29, 0.717) is 5.56 Å². The molecule has 2 aromatic heterocycles. The van der Waals surface area contributed by atoms with Crippen molar-refractivity contribution >= 4 is 17.1 Å². The van der Waals surface area contributed by atoms with Gasteiger partial charge in [-0.3, -0.25) is 4.57 Å². The second kappa shape index (κ2) is 6.91. The van der Waals surface area contributed by atoms with Crippen LogP contribution in [0, 0.1) is 0 Å². The van der Waals surface area contributed by atoms with Crippen LogP contribution in [0.3, 0.4) is 0 Å². The van der Waals surface area contributed by atoms with Crippen LogP contribution in [0.1, 0.15) is 16.6 Å². The fraction of sp³-hybridized carbons (Fsp3) is 0.294. The maximum atomic E-state index is 12.0. The highest BCUT2D eigenvalue weighted by Gasteiger charge is 2.45. The summed E-state index contributed by atoms with van der Waals surface area (Å²) in [4.78, 5) is 23.7. The Morgan fingerprint density at radius 2 is 1.93 bits per heavy atom. The van der Waals surface area contributed by atoms with E-state index in [0.717, 1.165) is 6.33 Å². The lowest BCUT2D eigenvalue weighted by molar-refractivity contribution is -0.0565. The van der Waals surface area contributed by atoms with Gasteiger partial charge in [0.15, 0.2) is 17.4 Å². The first-order valence-corrected chi connectivity index (χ1v) is 8.16. The Hall–Kier alpha value is -3.08. The molecule has 3 N–H and O–H groups in total. The quantitative estimate of drug-likeness (QED) is 0.540. The highest BCUT2D eigenvalue weighted by Crippen LogP contribution is 2.32. The molecule has 27 heavy (non-hydrogen) atoms. The zero-order valence-corrected chi connectivity index (χ0v) is 13.9. The number of hydrogen-bond donors (Lipinski definition) is 3.